The first-order valence-corrected chi connectivity index (χ1v) is 6.28. The zero-order chi connectivity index (χ0) is 11.7. The van der Waals surface area contributed by atoms with Crippen LogP contribution in [0.4, 0.5) is 0 Å². The predicted octanol–water partition coefficient (Wildman–Crippen LogP) is 2.08. The average Bonchev–Trinajstić information content (AvgIpc) is 2.89. The quantitative estimate of drug-likeness (QED) is 0.825. The van der Waals surface area contributed by atoms with Crippen molar-refractivity contribution in [2.45, 2.75) is 33.1 Å². The molecule has 1 aliphatic rings. The highest BCUT2D eigenvalue weighted by molar-refractivity contribution is 5.27. The van der Waals surface area contributed by atoms with E-state index >= 15 is 0 Å². The summed E-state index contributed by atoms with van der Waals surface area (Å²) in [6, 6.07) is 0. The van der Waals surface area contributed by atoms with Gasteiger partial charge in [-0.05, 0) is 49.8 Å². The monoisotopic (exact) mass is 221 g/mol. The van der Waals surface area contributed by atoms with E-state index in [4.69, 9.17) is 0 Å². The Labute approximate surface area is 98.2 Å². The lowest BCUT2D eigenvalue weighted by molar-refractivity contribution is 0.532. The van der Waals surface area contributed by atoms with Gasteiger partial charge in [0.05, 0.1) is 6.20 Å². The number of nitrogens with one attached hydrogen (secondary N) is 1. The standard InChI is InChI=1S/C13H23N3/c1-9(2)6-14-7-11-5-12(11)13-8-15-16(4)10(13)3/h8-9,11-12,14H,5-7H2,1-4H3. The van der Waals surface area contributed by atoms with E-state index in [2.05, 4.69) is 31.2 Å². The number of nitrogens with zero attached hydrogens (tertiary/aromatic N) is 2. The van der Waals surface area contributed by atoms with Crippen molar-refractivity contribution in [1.29, 1.82) is 0 Å². The summed E-state index contributed by atoms with van der Waals surface area (Å²) in [5.74, 6) is 2.34. The summed E-state index contributed by atoms with van der Waals surface area (Å²) in [7, 11) is 2.02. The lowest BCUT2D eigenvalue weighted by atomic mass is 10.1. The molecule has 0 aromatic carbocycles. The summed E-state index contributed by atoms with van der Waals surface area (Å²) in [6.45, 7) is 8.97. The third-order valence-corrected chi connectivity index (χ3v) is 3.55. The summed E-state index contributed by atoms with van der Waals surface area (Å²) in [6.07, 6.45) is 3.38. The van der Waals surface area contributed by atoms with Gasteiger partial charge in [-0.3, -0.25) is 4.68 Å². The highest BCUT2D eigenvalue weighted by Gasteiger charge is 2.39. The number of aromatic nitrogens is 2. The third kappa shape index (κ3) is 2.46. The Hall–Kier alpha value is -0.830. The highest BCUT2D eigenvalue weighted by Crippen LogP contribution is 2.47. The maximum absolute atomic E-state index is 4.32. The Morgan fingerprint density at radius 2 is 2.31 bits per heavy atom. The van der Waals surface area contributed by atoms with Crippen LogP contribution >= 0.6 is 0 Å². The van der Waals surface area contributed by atoms with Crippen LogP contribution in [0, 0.1) is 18.8 Å². The molecule has 0 amide bonds. The first kappa shape index (κ1) is 11.6. The average molecular weight is 221 g/mol. The van der Waals surface area contributed by atoms with Crippen molar-refractivity contribution in [3.05, 3.63) is 17.5 Å². The van der Waals surface area contributed by atoms with E-state index < -0.39 is 0 Å². The van der Waals surface area contributed by atoms with E-state index in [0.29, 0.717) is 0 Å². The molecular formula is C13H23N3. The van der Waals surface area contributed by atoms with Crippen molar-refractivity contribution in [3.63, 3.8) is 0 Å². The van der Waals surface area contributed by atoms with Crippen LogP contribution in [0.25, 0.3) is 0 Å². The fourth-order valence-electron chi connectivity index (χ4n) is 2.29. The largest absolute Gasteiger partial charge is 0.316 e. The van der Waals surface area contributed by atoms with Gasteiger partial charge in [0.25, 0.3) is 0 Å². The minimum atomic E-state index is 0.748. The Kier molecular flexibility index (Phi) is 3.33. The lowest BCUT2D eigenvalue weighted by Gasteiger charge is -2.06. The molecule has 0 spiro atoms. The molecule has 2 atom stereocenters. The molecule has 3 nitrogen and oxygen atoms in total. The molecule has 1 heterocycles. The summed E-state index contributed by atoms with van der Waals surface area (Å²) >= 11 is 0. The summed E-state index contributed by atoms with van der Waals surface area (Å²) < 4.78 is 1.98. The van der Waals surface area contributed by atoms with E-state index in [9.17, 15) is 0 Å². The number of rotatable bonds is 5. The molecule has 0 radical (unpaired) electrons. The van der Waals surface area contributed by atoms with Crippen molar-refractivity contribution in [2.75, 3.05) is 13.1 Å². The van der Waals surface area contributed by atoms with Crippen molar-refractivity contribution in [3.8, 4) is 0 Å². The summed E-state index contributed by atoms with van der Waals surface area (Å²) in [4.78, 5) is 0. The number of hydrogen-bond acceptors (Lipinski definition) is 2. The molecule has 1 aromatic rings. The normalized spacial score (nSPS) is 24.1. The number of hydrogen-bond donors (Lipinski definition) is 1. The van der Waals surface area contributed by atoms with Gasteiger partial charge in [0.1, 0.15) is 0 Å². The molecule has 0 bridgehead atoms. The van der Waals surface area contributed by atoms with E-state index in [1.807, 2.05) is 17.9 Å². The second-order valence-electron chi connectivity index (χ2n) is 5.46. The minimum Gasteiger partial charge on any atom is -0.316 e. The van der Waals surface area contributed by atoms with E-state index in [0.717, 1.165) is 30.8 Å². The molecule has 1 fully saturated rings. The van der Waals surface area contributed by atoms with Gasteiger partial charge in [-0.15, -0.1) is 0 Å². The second kappa shape index (κ2) is 4.58. The zero-order valence-electron chi connectivity index (χ0n) is 10.8. The first-order valence-electron chi connectivity index (χ1n) is 6.28. The highest BCUT2D eigenvalue weighted by atomic mass is 15.3. The van der Waals surface area contributed by atoms with Gasteiger partial charge < -0.3 is 5.32 Å². The lowest BCUT2D eigenvalue weighted by Crippen LogP contribution is -2.22. The third-order valence-electron chi connectivity index (χ3n) is 3.55. The van der Waals surface area contributed by atoms with Gasteiger partial charge in [-0.2, -0.15) is 5.10 Å². The topological polar surface area (TPSA) is 29.9 Å². The zero-order valence-corrected chi connectivity index (χ0v) is 10.8. The molecule has 2 rings (SSSR count). The van der Waals surface area contributed by atoms with Crippen molar-refractivity contribution in [1.82, 2.24) is 15.1 Å². The predicted molar refractivity (Wildman–Crippen MR) is 66.5 cm³/mol. The van der Waals surface area contributed by atoms with E-state index in [1.54, 1.807) is 0 Å². The number of aryl methyl sites for hydroxylation is 1. The Bertz CT molecular complexity index is 354. The van der Waals surface area contributed by atoms with Crippen LogP contribution in [0.5, 0.6) is 0 Å². The van der Waals surface area contributed by atoms with Gasteiger partial charge in [0, 0.05) is 12.7 Å². The molecule has 90 valence electrons. The molecule has 2 unspecified atom stereocenters. The van der Waals surface area contributed by atoms with Gasteiger partial charge in [0.15, 0.2) is 0 Å². The van der Waals surface area contributed by atoms with Crippen LogP contribution in [0.2, 0.25) is 0 Å². The summed E-state index contributed by atoms with van der Waals surface area (Å²) in [5, 5.41) is 7.86. The van der Waals surface area contributed by atoms with Gasteiger partial charge in [-0.1, -0.05) is 13.8 Å². The van der Waals surface area contributed by atoms with Gasteiger partial charge in [-0.25, -0.2) is 0 Å². The van der Waals surface area contributed by atoms with Crippen molar-refractivity contribution >= 4 is 0 Å². The minimum absolute atomic E-state index is 0.748. The van der Waals surface area contributed by atoms with Crippen LogP contribution in [-0.2, 0) is 7.05 Å². The SMILES string of the molecule is Cc1c(C2CC2CNCC(C)C)cnn1C. The molecule has 1 N–H and O–H groups in total. The molecule has 16 heavy (non-hydrogen) atoms. The second-order valence-corrected chi connectivity index (χ2v) is 5.46. The van der Waals surface area contributed by atoms with Crippen LogP contribution in [0.3, 0.4) is 0 Å². The van der Waals surface area contributed by atoms with Crippen molar-refractivity contribution in [2.24, 2.45) is 18.9 Å². The first-order chi connectivity index (χ1) is 7.59. The Morgan fingerprint density at radius 3 is 2.88 bits per heavy atom. The smallest absolute Gasteiger partial charge is 0.0527 e. The fraction of sp³-hybridized carbons (Fsp3) is 0.769. The summed E-state index contributed by atoms with van der Waals surface area (Å²) in [5.41, 5.74) is 2.79. The van der Waals surface area contributed by atoms with E-state index in [-0.39, 0.29) is 0 Å². The molecule has 1 aromatic heterocycles. The Balaban J connectivity index is 1.81. The maximum atomic E-state index is 4.32. The van der Waals surface area contributed by atoms with Gasteiger partial charge in [0.2, 0.25) is 0 Å². The van der Waals surface area contributed by atoms with Gasteiger partial charge >= 0.3 is 0 Å². The van der Waals surface area contributed by atoms with Crippen molar-refractivity contribution < 1.29 is 0 Å². The van der Waals surface area contributed by atoms with E-state index in [1.165, 1.54) is 17.7 Å². The maximum Gasteiger partial charge on any atom is 0.0527 e. The molecule has 1 aliphatic carbocycles. The van der Waals surface area contributed by atoms with Crippen LogP contribution in [0.1, 0.15) is 37.4 Å². The Morgan fingerprint density at radius 1 is 1.56 bits per heavy atom. The molecule has 1 saturated carbocycles. The van der Waals surface area contributed by atoms with Crippen LogP contribution < -0.4 is 5.32 Å². The van der Waals surface area contributed by atoms with Crippen LogP contribution in [-0.4, -0.2) is 22.9 Å². The molecule has 0 aliphatic heterocycles. The fourth-order valence-corrected chi connectivity index (χ4v) is 2.29. The molecular weight excluding hydrogens is 198 g/mol. The molecule has 0 saturated heterocycles. The van der Waals surface area contributed by atoms with Crippen LogP contribution in [0.15, 0.2) is 6.20 Å². The molecule has 3 heteroatoms.